The van der Waals surface area contributed by atoms with E-state index in [9.17, 15) is 0 Å². The lowest BCUT2D eigenvalue weighted by molar-refractivity contribution is 0.575. The van der Waals surface area contributed by atoms with Crippen LogP contribution in [-0.2, 0) is 0 Å². The van der Waals surface area contributed by atoms with E-state index in [0.717, 1.165) is 27.4 Å². The summed E-state index contributed by atoms with van der Waals surface area (Å²) in [4.78, 5) is 5.32. The Morgan fingerprint density at radius 2 is 2.16 bits per heavy atom. The molecule has 6 heteroatoms. The van der Waals surface area contributed by atoms with Crippen LogP contribution in [-0.4, -0.2) is 17.4 Å². The van der Waals surface area contributed by atoms with Gasteiger partial charge >= 0.3 is 0 Å². The van der Waals surface area contributed by atoms with Crippen LogP contribution in [0.2, 0.25) is 0 Å². The number of hydrogen-bond donors (Lipinski definition) is 0. The van der Waals surface area contributed by atoms with Crippen LogP contribution in [0.5, 0.6) is 0 Å². The molecule has 3 aromatic rings. The zero-order chi connectivity index (χ0) is 17.6. The molecule has 0 spiro atoms. The summed E-state index contributed by atoms with van der Waals surface area (Å²) in [7, 11) is 0. The maximum Gasteiger partial charge on any atom is 0.206 e. The Bertz CT molecular complexity index is 999. The maximum absolute atomic E-state index is 8.87. The number of furan rings is 1. The number of nitriles is 1. The summed E-state index contributed by atoms with van der Waals surface area (Å²) in [5.74, 6) is 0.727. The molecule has 124 valence electrons. The zero-order valence-corrected chi connectivity index (χ0v) is 14.5. The summed E-state index contributed by atoms with van der Waals surface area (Å²) in [6.45, 7) is 6.37. The molecule has 0 N–H and O–H groups in total. The van der Waals surface area contributed by atoms with Crippen LogP contribution in [0.1, 0.15) is 18.1 Å². The van der Waals surface area contributed by atoms with Crippen molar-refractivity contribution in [2.24, 2.45) is 10.1 Å². The first-order valence-corrected chi connectivity index (χ1v) is 8.49. The SMILES string of the molecule is C=C(C)CN=c1scc(-c2ccco2)n1N=Cc1ccc(C#N)cc1. The van der Waals surface area contributed by atoms with Crippen molar-refractivity contribution in [3.05, 3.63) is 76.1 Å². The third-order valence-corrected chi connectivity index (χ3v) is 4.16. The molecular weight excluding hydrogens is 332 g/mol. The highest BCUT2D eigenvalue weighted by Gasteiger charge is 2.09. The van der Waals surface area contributed by atoms with E-state index >= 15 is 0 Å². The number of aromatic nitrogens is 1. The number of nitrogens with zero attached hydrogens (tertiary/aromatic N) is 4. The predicted octanol–water partition coefficient (Wildman–Crippen LogP) is 4.04. The molecule has 0 radical (unpaired) electrons. The van der Waals surface area contributed by atoms with Gasteiger partial charge in [0.25, 0.3) is 0 Å². The molecule has 0 unspecified atom stereocenters. The zero-order valence-electron chi connectivity index (χ0n) is 13.7. The summed E-state index contributed by atoms with van der Waals surface area (Å²) < 4.78 is 7.25. The molecule has 0 amide bonds. The lowest BCUT2D eigenvalue weighted by Gasteiger charge is -2.01. The fourth-order valence-corrected chi connectivity index (χ4v) is 2.90. The smallest absolute Gasteiger partial charge is 0.206 e. The van der Waals surface area contributed by atoms with Gasteiger partial charge in [-0.2, -0.15) is 10.4 Å². The van der Waals surface area contributed by atoms with E-state index in [2.05, 4.69) is 22.7 Å². The van der Waals surface area contributed by atoms with E-state index in [4.69, 9.17) is 9.68 Å². The Balaban J connectivity index is 2.01. The van der Waals surface area contributed by atoms with Crippen LogP contribution in [0, 0.1) is 11.3 Å². The van der Waals surface area contributed by atoms with Crippen LogP contribution in [0.25, 0.3) is 11.5 Å². The molecule has 2 aromatic heterocycles. The molecule has 0 saturated heterocycles. The number of hydrogen-bond acceptors (Lipinski definition) is 5. The standard InChI is InChI=1S/C19H16N4OS/c1-14(2)11-21-19-23(17(13-25-19)18-4-3-9-24-18)22-12-16-7-5-15(10-20)6-8-16/h3-9,12-13H,1,11H2,2H3. The van der Waals surface area contributed by atoms with Crippen molar-refractivity contribution in [2.75, 3.05) is 6.54 Å². The van der Waals surface area contributed by atoms with Crippen LogP contribution in [0.4, 0.5) is 0 Å². The summed E-state index contributed by atoms with van der Waals surface area (Å²) in [6.07, 6.45) is 3.37. The summed E-state index contributed by atoms with van der Waals surface area (Å²) in [6, 6.07) is 13.1. The maximum atomic E-state index is 8.87. The third-order valence-electron chi connectivity index (χ3n) is 3.31. The van der Waals surface area contributed by atoms with Gasteiger partial charge < -0.3 is 4.42 Å². The average Bonchev–Trinajstić information content (AvgIpc) is 3.27. The Morgan fingerprint density at radius 3 is 2.80 bits per heavy atom. The molecule has 0 saturated carbocycles. The van der Waals surface area contributed by atoms with Gasteiger partial charge in [0, 0.05) is 5.38 Å². The molecule has 25 heavy (non-hydrogen) atoms. The van der Waals surface area contributed by atoms with E-state index < -0.39 is 0 Å². The first-order chi connectivity index (χ1) is 12.2. The van der Waals surface area contributed by atoms with Gasteiger partial charge in [0.2, 0.25) is 4.80 Å². The molecule has 3 rings (SSSR count). The van der Waals surface area contributed by atoms with Gasteiger partial charge in [-0.25, -0.2) is 4.68 Å². The van der Waals surface area contributed by atoms with Crippen LogP contribution in [0.15, 0.2) is 74.7 Å². The molecular formula is C19H16N4OS. The van der Waals surface area contributed by atoms with Gasteiger partial charge in [0.05, 0.1) is 30.7 Å². The minimum absolute atomic E-state index is 0.546. The van der Waals surface area contributed by atoms with Crippen molar-refractivity contribution in [1.29, 1.82) is 5.26 Å². The second kappa shape index (κ2) is 7.60. The Hall–Kier alpha value is -3.17. The second-order valence-electron chi connectivity index (χ2n) is 5.44. The van der Waals surface area contributed by atoms with Crippen LogP contribution >= 0.6 is 11.3 Å². The van der Waals surface area contributed by atoms with E-state index in [-0.39, 0.29) is 0 Å². The lowest BCUT2D eigenvalue weighted by atomic mass is 10.2. The molecule has 2 heterocycles. The van der Waals surface area contributed by atoms with Gasteiger partial charge in [-0.3, -0.25) is 4.99 Å². The van der Waals surface area contributed by atoms with Gasteiger partial charge in [-0.15, -0.1) is 11.3 Å². The topological polar surface area (TPSA) is 66.6 Å². The van der Waals surface area contributed by atoms with Crippen molar-refractivity contribution in [3.8, 4) is 17.5 Å². The number of thiazole rings is 1. The predicted molar refractivity (Wildman–Crippen MR) is 99.4 cm³/mol. The van der Waals surface area contributed by atoms with E-state index in [1.807, 2.05) is 36.6 Å². The molecule has 0 aliphatic carbocycles. The summed E-state index contributed by atoms with van der Waals surface area (Å²) in [5, 5.41) is 15.4. The van der Waals surface area contributed by atoms with Crippen molar-refractivity contribution in [2.45, 2.75) is 6.92 Å². The number of benzene rings is 1. The molecule has 0 fully saturated rings. The van der Waals surface area contributed by atoms with Gasteiger partial charge in [0.15, 0.2) is 5.76 Å². The second-order valence-corrected chi connectivity index (χ2v) is 6.28. The highest BCUT2D eigenvalue weighted by Crippen LogP contribution is 2.20. The minimum atomic E-state index is 0.546. The van der Waals surface area contributed by atoms with Gasteiger partial charge in [-0.05, 0) is 36.8 Å². The van der Waals surface area contributed by atoms with Crippen molar-refractivity contribution in [3.63, 3.8) is 0 Å². The van der Waals surface area contributed by atoms with E-state index in [0.29, 0.717) is 12.1 Å². The monoisotopic (exact) mass is 348 g/mol. The van der Waals surface area contributed by atoms with Gasteiger partial charge in [-0.1, -0.05) is 24.3 Å². The highest BCUT2D eigenvalue weighted by atomic mass is 32.1. The van der Waals surface area contributed by atoms with E-state index in [1.54, 1.807) is 29.3 Å². The lowest BCUT2D eigenvalue weighted by Crippen LogP contribution is -2.12. The molecule has 0 atom stereocenters. The summed E-state index contributed by atoms with van der Waals surface area (Å²) >= 11 is 1.50. The molecule has 0 aliphatic rings. The quantitative estimate of drug-likeness (QED) is 0.516. The normalized spacial score (nSPS) is 11.8. The van der Waals surface area contributed by atoms with Crippen LogP contribution in [0.3, 0.4) is 0 Å². The van der Waals surface area contributed by atoms with Gasteiger partial charge in [0.1, 0.15) is 5.69 Å². The molecule has 0 bridgehead atoms. The third kappa shape index (κ3) is 4.03. The van der Waals surface area contributed by atoms with Crippen molar-refractivity contribution in [1.82, 2.24) is 4.68 Å². The fraction of sp³-hybridized carbons (Fsp3) is 0.105. The van der Waals surface area contributed by atoms with Crippen molar-refractivity contribution < 1.29 is 4.42 Å². The Kier molecular flexibility index (Phi) is 5.07. The number of rotatable bonds is 5. The fourth-order valence-electron chi connectivity index (χ4n) is 2.08. The summed E-state index contributed by atoms with van der Waals surface area (Å²) in [5.41, 5.74) is 3.33. The largest absolute Gasteiger partial charge is 0.463 e. The first-order valence-electron chi connectivity index (χ1n) is 7.61. The molecule has 5 nitrogen and oxygen atoms in total. The molecule has 0 aliphatic heterocycles. The highest BCUT2D eigenvalue weighted by molar-refractivity contribution is 7.07. The first kappa shape index (κ1) is 16.7. The Morgan fingerprint density at radius 1 is 1.36 bits per heavy atom. The minimum Gasteiger partial charge on any atom is -0.463 e. The molecule has 1 aromatic carbocycles. The van der Waals surface area contributed by atoms with Crippen LogP contribution < -0.4 is 4.80 Å². The van der Waals surface area contributed by atoms with E-state index in [1.165, 1.54) is 11.3 Å². The Labute approximate surface area is 149 Å². The average molecular weight is 348 g/mol. The van der Waals surface area contributed by atoms with Crippen molar-refractivity contribution >= 4 is 17.6 Å².